The summed E-state index contributed by atoms with van der Waals surface area (Å²) in [5.41, 5.74) is 3.78. The number of amides is 2. The van der Waals surface area contributed by atoms with E-state index in [1.54, 1.807) is 5.01 Å². The standard InChI is InChI=1S/C13H18BrN3O/c1-4-13(9(2)3)15-12(18)17(16-13)11-7-5-10(14)6-8-11/h5-9,16H,4H2,1-3H3,(H,15,18). The number of nitrogens with one attached hydrogen (secondary N) is 2. The number of nitrogens with zero attached hydrogens (tertiary/aromatic N) is 1. The maximum absolute atomic E-state index is 12.1. The first-order valence-corrected chi connectivity index (χ1v) is 6.93. The van der Waals surface area contributed by atoms with Crippen LogP contribution in [-0.4, -0.2) is 11.7 Å². The molecule has 2 N–H and O–H groups in total. The maximum Gasteiger partial charge on any atom is 0.338 e. The smallest absolute Gasteiger partial charge is 0.317 e. The number of urea groups is 1. The van der Waals surface area contributed by atoms with E-state index in [0.717, 1.165) is 16.6 Å². The van der Waals surface area contributed by atoms with Crippen molar-refractivity contribution in [3.8, 4) is 0 Å². The van der Waals surface area contributed by atoms with E-state index in [2.05, 4.69) is 47.4 Å². The summed E-state index contributed by atoms with van der Waals surface area (Å²) in [6, 6.07) is 7.55. The van der Waals surface area contributed by atoms with Gasteiger partial charge < -0.3 is 5.32 Å². The van der Waals surface area contributed by atoms with Crippen molar-refractivity contribution in [3.63, 3.8) is 0 Å². The quantitative estimate of drug-likeness (QED) is 0.900. The second-order valence-corrected chi connectivity index (χ2v) is 5.75. The zero-order valence-corrected chi connectivity index (χ0v) is 12.4. The van der Waals surface area contributed by atoms with Crippen molar-refractivity contribution < 1.29 is 4.79 Å². The molecule has 0 bridgehead atoms. The molecule has 0 aliphatic carbocycles. The van der Waals surface area contributed by atoms with Crippen LogP contribution in [-0.2, 0) is 0 Å². The summed E-state index contributed by atoms with van der Waals surface area (Å²) in [6.45, 7) is 6.27. The third-order valence-corrected chi connectivity index (χ3v) is 4.00. The molecule has 2 amide bonds. The van der Waals surface area contributed by atoms with Crippen LogP contribution in [0, 0.1) is 5.92 Å². The number of hydrogen-bond donors (Lipinski definition) is 2. The molecule has 1 aromatic carbocycles. The van der Waals surface area contributed by atoms with Gasteiger partial charge in [0.2, 0.25) is 0 Å². The summed E-state index contributed by atoms with van der Waals surface area (Å²) in [4.78, 5) is 12.1. The molecular formula is C13H18BrN3O. The fraction of sp³-hybridized carbons (Fsp3) is 0.462. The van der Waals surface area contributed by atoms with Crippen molar-refractivity contribution in [3.05, 3.63) is 28.7 Å². The number of hydrazine groups is 1. The van der Waals surface area contributed by atoms with Crippen LogP contribution in [0.15, 0.2) is 28.7 Å². The monoisotopic (exact) mass is 311 g/mol. The molecule has 0 radical (unpaired) electrons. The van der Waals surface area contributed by atoms with Gasteiger partial charge in [-0.1, -0.05) is 36.7 Å². The van der Waals surface area contributed by atoms with Crippen LogP contribution >= 0.6 is 15.9 Å². The minimum absolute atomic E-state index is 0.104. The number of rotatable bonds is 3. The van der Waals surface area contributed by atoms with Crippen molar-refractivity contribution in [1.29, 1.82) is 0 Å². The molecule has 0 aromatic heterocycles. The predicted molar refractivity (Wildman–Crippen MR) is 76.1 cm³/mol. The molecule has 1 aliphatic rings. The van der Waals surface area contributed by atoms with Crippen molar-refractivity contribution in [1.82, 2.24) is 10.7 Å². The lowest BCUT2D eigenvalue weighted by Gasteiger charge is -2.32. The topological polar surface area (TPSA) is 44.4 Å². The van der Waals surface area contributed by atoms with E-state index < -0.39 is 0 Å². The zero-order chi connectivity index (χ0) is 13.3. The van der Waals surface area contributed by atoms with E-state index in [9.17, 15) is 4.79 Å². The van der Waals surface area contributed by atoms with Crippen molar-refractivity contribution in [2.45, 2.75) is 32.9 Å². The van der Waals surface area contributed by atoms with Gasteiger partial charge in [-0.05, 0) is 36.6 Å². The van der Waals surface area contributed by atoms with Crippen molar-refractivity contribution >= 4 is 27.6 Å². The highest BCUT2D eigenvalue weighted by Gasteiger charge is 2.43. The lowest BCUT2D eigenvalue weighted by molar-refractivity contribution is 0.217. The summed E-state index contributed by atoms with van der Waals surface area (Å²) in [7, 11) is 0. The molecular weight excluding hydrogens is 294 g/mol. The highest BCUT2D eigenvalue weighted by molar-refractivity contribution is 9.10. The van der Waals surface area contributed by atoms with E-state index in [1.807, 2.05) is 24.3 Å². The number of carbonyl (C=O) groups excluding carboxylic acids is 1. The Morgan fingerprint density at radius 2 is 1.94 bits per heavy atom. The lowest BCUT2D eigenvalue weighted by Crippen LogP contribution is -2.54. The molecule has 2 rings (SSSR count). The van der Waals surface area contributed by atoms with Gasteiger partial charge in [-0.3, -0.25) is 0 Å². The molecule has 1 aromatic rings. The molecule has 1 heterocycles. The van der Waals surface area contributed by atoms with E-state index in [0.29, 0.717) is 5.92 Å². The molecule has 18 heavy (non-hydrogen) atoms. The zero-order valence-electron chi connectivity index (χ0n) is 10.8. The summed E-state index contributed by atoms with van der Waals surface area (Å²) in [6.07, 6.45) is 0.837. The van der Waals surface area contributed by atoms with Gasteiger partial charge >= 0.3 is 6.03 Å². The maximum atomic E-state index is 12.1. The first kappa shape index (κ1) is 13.4. The average molecular weight is 312 g/mol. The van der Waals surface area contributed by atoms with E-state index in [4.69, 9.17) is 0 Å². The Kier molecular flexibility index (Phi) is 3.64. The van der Waals surface area contributed by atoms with Gasteiger partial charge in [0.05, 0.1) is 5.69 Å². The Bertz CT molecular complexity index is 446. The Hall–Kier alpha value is -1.07. The molecule has 0 saturated carbocycles. The number of carbonyl (C=O) groups is 1. The molecule has 1 fully saturated rings. The van der Waals surface area contributed by atoms with Gasteiger partial charge in [0.15, 0.2) is 0 Å². The predicted octanol–water partition coefficient (Wildman–Crippen LogP) is 3.25. The number of anilines is 1. The third-order valence-electron chi connectivity index (χ3n) is 3.47. The van der Waals surface area contributed by atoms with Gasteiger partial charge in [0.25, 0.3) is 0 Å². The van der Waals surface area contributed by atoms with Crippen LogP contribution in [0.2, 0.25) is 0 Å². The summed E-state index contributed by atoms with van der Waals surface area (Å²) in [5, 5.41) is 4.62. The summed E-state index contributed by atoms with van der Waals surface area (Å²) in [5.74, 6) is 0.312. The third kappa shape index (κ3) is 2.24. The highest BCUT2D eigenvalue weighted by atomic mass is 79.9. The van der Waals surface area contributed by atoms with E-state index in [1.165, 1.54) is 0 Å². The minimum Gasteiger partial charge on any atom is -0.317 e. The van der Waals surface area contributed by atoms with Crippen LogP contribution in [0.5, 0.6) is 0 Å². The van der Waals surface area contributed by atoms with Gasteiger partial charge in [-0.15, -0.1) is 0 Å². The minimum atomic E-state index is -0.357. The van der Waals surface area contributed by atoms with Gasteiger partial charge in [0.1, 0.15) is 5.66 Å². The Labute approximate surface area is 116 Å². The first-order chi connectivity index (χ1) is 8.48. The largest absolute Gasteiger partial charge is 0.338 e. The Morgan fingerprint density at radius 1 is 1.33 bits per heavy atom. The molecule has 1 unspecified atom stereocenters. The number of benzene rings is 1. The van der Waals surface area contributed by atoms with Gasteiger partial charge in [-0.25, -0.2) is 15.2 Å². The van der Waals surface area contributed by atoms with E-state index in [-0.39, 0.29) is 11.7 Å². The van der Waals surface area contributed by atoms with Crippen LogP contribution in [0.25, 0.3) is 0 Å². The number of halogens is 1. The highest BCUT2D eigenvalue weighted by Crippen LogP contribution is 2.27. The van der Waals surface area contributed by atoms with Crippen LogP contribution < -0.4 is 15.8 Å². The normalized spacial score (nSPS) is 23.6. The van der Waals surface area contributed by atoms with Crippen molar-refractivity contribution in [2.75, 3.05) is 5.01 Å². The second kappa shape index (κ2) is 4.90. The lowest BCUT2D eigenvalue weighted by atomic mass is 9.94. The van der Waals surface area contributed by atoms with Crippen LogP contribution in [0.4, 0.5) is 10.5 Å². The number of hydrogen-bond acceptors (Lipinski definition) is 2. The fourth-order valence-electron chi connectivity index (χ4n) is 2.15. The van der Waals surface area contributed by atoms with Crippen LogP contribution in [0.3, 0.4) is 0 Å². The van der Waals surface area contributed by atoms with Gasteiger partial charge in [-0.2, -0.15) is 0 Å². The van der Waals surface area contributed by atoms with Gasteiger partial charge in [0, 0.05) is 4.47 Å². The molecule has 1 saturated heterocycles. The SMILES string of the molecule is CCC1(C(C)C)NC(=O)N(c2ccc(Br)cc2)N1. The molecule has 0 spiro atoms. The molecule has 5 heteroatoms. The molecule has 1 atom stereocenters. The Balaban J connectivity index is 2.26. The second-order valence-electron chi connectivity index (χ2n) is 4.83. The van der Waals surface area contributed by atoms with E-state index >= 15 is 0 Å². The Morgan fingerprint density at radius 3 is 2.39 bits per heavy atom. The molecule has 1 aliphatic heterocycles. The fourth-order valence-corrected chi connectivity index (χ4v) is 2.41. The van der Waals surface area contributed by atoms with Crippen molar-refractivity contribution in [2.24, 2.45) is 5.92 Å². The molecule has 4 nitrogen and oxygen atoms in total. The van der Waals surface area contributed by atoms with Crippen LogP contribution in [0.1, 0.15) is 27.2 Å². The summed E-state index contributed by atoms with van der Waals surface area (Å²) >= 11 is 3.39. The summed E-state index contributed by atoms with van der Waals surface area (Å²) < 4.78 is 0.997. The average Bonchev–Trinajstić information content (AvgIpc) is 2.69. The first-order valence-electron chi connectivity index (χ1n) is 6.14. The molecule has 98 valence electrons.